The minimum Gasteiger partial charge on any atom is -0.332 e. The van der Waals surface area contributed by atoms with Crippen LogP contribution in [0.4, 0.5) is 0 Å². The smallest absolute Gasteiger partial charge is 0.258 e. The van der Waals surface area contributed by atoms with Crippen molar-refractivity contribution in [2.24, 2.45) is 0 Å². The number of fused-ring (bicyclic) bond motifs is 1. The van der Waals surface area contributed by atoms with Gasteiger partial charge in [-0.25, -0.2) is 4.98 Å². The van der Waals surface area contributed by atoms with E-state index in [1.165, 1.54) is 5.56 Å². The second kappa shape index (κ2) is 9.05. The highest BCUT2D eigenvalue weighted by atomic mass is 35.5. The Morgan fingerprint density at radius 2 is 2.00 bits per heavy atom. The highest BCUT2D eigenvalue weighted by molar-refractivity contribution is 6.31. The summed E-state index contributed by atoms with van der Waals surface area (Å²) in [6.07, 6.45) is 4.20. The summed E-state index contributed by atoms with van der Waals surface area (Å²) in [5.74, 6) is 0.312. The number of nitrogens with one attached hydrogen (secondary N) is 1. The second-order valence-corrected chi connectivity index (χ2v) is 7.56. The van der Waals surface area contributed by atoms with E-state index in [1.807, 2.05) is 39.0 Å². The molecular weight excluding hydrogens is 386 g/mol. The Bertz CT molecular complexity index is 1130. The molecule has 1 amide bonds. The van der Waals surface area contributed by atoms with Crippen molar-refractivity contribution in [1.29, 1.82) is 0 Å². The summed E-state index contributed by atoms with van der Waals surface area (Å²) in [4.78, 5) is 34.1. The molecule has 0 saturated heterocycles. The van der Waals surface area contributed by atoms with Gasteiger partial charge in [0.1, 0.15) is 5.82 Å². The summed E-state index contributed by atoms with van der Waals surface area (Å²) in [6, 6.07) is 11.1. The van der Waals surface area contributed by atoms with Gasteiger partial charge >= 0.3 is 0 Å². The van der Waals surface area contributed by atoms with Crippen LogP contribution in [0.3, 0.4) is 0 Å². The molecule has 0 aliphatic carbocycles. The molecule has 1 N–H and O–H groups in total. The topological polar surface area (TPSA) is 66.1 Å². The Kier molecular flexibility index (Phi) is 6.49. The maximum Gasteiger partial charge on any atom is 0.258 e. The number of halogens is 1. The number of carbonyl (C=O) groups is 1. The maximum atomic E-state index is 12.8. The van der Waals surface area contributed by atoms with Crippen LogP contribution < -0.4 is 5.56 Å². The van der Waals surface area contributed by atoms with Crippen LogP contribution in [0.25, 0.3) is 17.0 Å². The van der Waals surface area contributed by atoms with Crippen molar-refractivity contribution < 1.29 is 4.79 Å². The lowest BCUT2D eigenvalue weighted by molar-refractivity contribution is -0.126. The molecule has 3 rings (SSSR count). The third kappa shape index (κ3) is 5.12. The fraction of sp³-hybridized carbons (Fsp3) is 0.261. The van der Waals surface area contributed by atoms with Crippen molar-refractivity contribution >= 4 is 34.5 Å². The van der Waals surface area contributed by atoms with E-state index in [1.54, 1.807) is 29.2 Å². The lowest BCUT2D eigenvalue weighted by Crippen LogP contribution is -2.31. The van der Waals surface area contributed by atoms with Gasteiger partial charge < -0.3 is 9.88 Å². The van der Waals surface area contributed by atoms with Crippen molar-refractivity contribution in [1.82, 2.24) is 14.9 Å². The predicted molar refractivity (Wildman–Crippen MR) is 118 cm³/mol. The number of aromatic amines is 1. The molecule has 0 saturated carbocycles. The number of hydrogen-bond acceptors (Lipinski definition) is 3. The molecule has 0 fully saturated rings. The standard InChI is InChI=1S/C23H24ClN3O2/c1-4-11-27(22(28)10-7-17-6-5-15(2)12-16(17)3)14-21-25-20-13-18(24)8-9-19(20)23(29)26-21/h5-10,12-13H,4,11,14H2,1-3H3,(H,25,26,29)/b10-7+. The Hall–Kier alpha value is -2.92. The average Bonchev–Trinajstić information content (AvgIpc) is 2.66. The molecule has 0 unspecified atom stereocenters. The number of aryl methyl sites for hydroxylation is 2. The second-order valence-electron chi connectivity index (χ2n) is 7.13. The van der Waals surface area contributed by atoms with E-state index in [4.69, 9.17) is 11.6 Å². The number of amides is 1. The van der Waals surface area contributed by atoms with E-state index in [2.05, 4.69) is 16.0 Å². The molecule has 5 nitrogen and oxygen atoms in total. The Morgan fingerprint density at radius 1 is 1.21 bits per heavy atom. The van der Waals surface area contributed by atoms with E-state index < -0.39 is 0 Å². The van der Waals surface area contributed by atoms with Crippen LogP contribution in [0.15, 0.2) is 47.3 Å². The van der Waals surface area contributed by atoms with Crippen LogP contribution >= 0.6 is 11.6 Å². The van der Waals surface area contributed by atoms with Gasteiger partial charge in [0.15, 0.2) is 0 Å². The third-order valence-corrected chi connectivity index (χ3v) is 4.93. The van der Waals surface area contributed by atoms with Crippen LogP contribution in [0, 0.1) is 13.8 Å². The van der Waals surface area contributed by atoms with Gasteiger partial charge in [-0.3, -0.25) is 9.59 Å². The molecular formula is C23H24ClN3O2. The predicted octanol–water partition coefficient (Wildman–Crippen LogP) is 4.65. The number of rotatable bonds is 6. The van der Waals surface area contributed by atoms with E-state index in [-0.39, 0.29) is 18.0 Å². The number of aromatic nitrogens is 2. The van der Waals surface area contributed by atoms with Crippen LogP contribution in [0.2, 0.25) is 5.02 Å². The quantitative estimate of drug-likeness (QED) is 0.603. The van der Waals surface area contributed by atoms with Crippen molar-refractivity contribution in [3.8, 4) is 0 Å². The van der Waals surface area contributed by atoms with Crippen LogP contribution in [0.5, 0.6) is 0 Å². The van der Waals surface area contributed by atoms with Crippen molar-refractivity contribution in [2.75, 3.05) is 6.54 Å². The molecule has 0 aliphatic rings. The fourth-order valence-corrected chi connectivity index (χ4v) is 3.40. The van der Waals surface area contributed by atoms with Gasteiger partial charge in [0.05, 0.1) is 17.4 Å². The van der Waals surface area contributed by atoms with Crippen LogP contribution in [-0.2, 0) is 11.3 Å². The van der Waals surface area contributed by atoms with Gasteiger partial charge in [0.25, 0.3) is 5.56 Å². The van der Waals surface area contributed by atoms with E-state index in [0.29, 0.717) is 28.3 Å². The van der Waals surface area contributed by atoms with Gasteiger partial charge in [-0.1, -0.05) is 42.3 Å². The Balaban J connectivity index is 1.84. The molecule has 0 spiro atoms. The monoisotopic (exact) mass is 409 g/mol. The highest BCUT2D eigenvalue weighted by Gasteiger charge is 2.13. The summed E-state index contributed by atoms with van der Waals surface area (Å²) < 4.78 is 0. The minimum absolute atomic E-state index is 0.124. The fourth-order valence-electron chi connectivity index (χ4n) is 3.23. The zero-order valence-electron chi connectivity index (χ0n) is 16.8. The molecule has 0 bridgehead atoms. The number of nitrogens with zero attached hydrogens (tertiary/aromatic N) is 2. The van der Waals surface area contributed by atoms with E-state index in [9.17, 15) is 9.59 Å². The zero-order valence-corrected chi connectivity index (χ0v) is 17.6. The lowest BCUT2D eigenvalue weighted by atomic mass is 10.1. The van der Waals surface area contributed by atoms with Crippen molar-refractivity contribution in [2.45, 2.75) is 33.7 Å². The maximum absolute atomic E-state index is 12.8. The number of benzene rings is 2. The summed E-state index contributed by atoms with van der Waals surface area (Å²) >= 11 is 6.03. The molecule has 1 heterocycles. The Labute approximate surface area is 175 Å². The van der Waals surface area contributed by atoms with E-state index in [0.717, 1.165) is 17.5 Å². The highest BCUT2D eigenvalue weighted by Crippen LogP contribution is 2.16. The van der Waals surface area contributed by atoms with E-state index >= 15 is 0 Å². The third-order valence-electron chi connectivity index (χ3n) is 4.69. The largest absolute Gasteiger partial charge is 0.332 e. The van der Waals surface area contributed by atoms with Crippen LogP contribution in [0.1, 0.15) is 35.9 Å². The molecule has 3 aromatic rings. The van der Waals surface area contributed by atoms with Gasteiger partial charge in [-0.05, 0) is 55.7 Å². The van der Waals surface area contributed by atoms with Gasteiger partial charge in [0, 0.05) is 17.6 Å². The summed E-state index contributed by atoms with van der Waals surface area (Å²) in [5, 5.41) is 0.987. The van der Waals surface area contributed by atoms with Crippen molar-refractivity contribution in [3.05, 3.63) is 80.4 Å². The molecule has 0 radical (unpaired) electrons. The number of carbonyl (C=O) groups excluding carboxylic acids is 1. The first kappa shape index (κ1) is 20.8. The average molecular weight is 410 g/mol. The first-order valence-electron chi connectivity index (χ1n) is 9.60. The summed E-state index contributed by atoms with van der Waals surface area (Å²) in [7, 11) is 0. The SMILES string of the molecule is CCCN(Cc1nc2cc(Cl)ccc2c(=O)[nH]1)C(=O)/C=C/c1ccc(C)cc1C. The first-order chi connectivity index (χ1) is 13.9. The van der Waals surface area contributed by atoms with Gasteiger partial charge in [0.2, 0.25) is 5.91 Å². The molecule has 29 heavy (non-hydrogen) atoms. The molecule has 0 aliphatic heterocycles. The molecule has 2 aromatic carbocycles. The molecule has 1 aromatic heterocycles. The molecule has 150 valence electrons. The van der Waals surface area contributed by atoms with Gasteiger partial charge in [-0.2, -0.15) is 0 Å². The lowest BCUT2D eigenvalue weighted by Gasteiger charge is -2.20. The first-order valence-corrected chi connectivity index (χ1v) is 9.98. The zero-order chi connectivity index (χ0) is 21.0. The summed E-state index contributed by atoms with van der Waals surface area (Å²) in [6.45, 7) is 6.86. The van der Waals surface area contributed by atoms with Crippen LogP contribution in [-0.4, -0.2) is 27.3 Å². The van der Waals surface area contributed by atoms with Gasteiger partial charge in [-0.15, -0.1) is 0 Å². The normalized spacial score (nSPS) is 11.3. The summed E-state index contributed by atoms with van der Waals surface area (Å²) in [5.41, 5.74) is 3.59. The minimum atomic E-state index is -0.239. The molecule has 6 heteroatoms. The number of H-pyrrole nitrogens is 1. The van der Waals surface area contributed by atoms with Crippen molar-refractivity contribution in [3.63, 3.8) is 0 Å². The molecule has 0 atom stereocenters. The Morgan fingerprint density at radius 3 is 2.72 bits per heavy atom. The number of hydrogen-bond donors (Lipinski definition) is 1.